The van der Waals surface area contributed by atoms with Crippen LogP contribution in [0.1, 0.15) is 11.1 Å². The first-order valence-electron chi connectivity index (χ1n) is 4.85. The van der Waals surface area contributed by atoms with Crippen molar-refractivity contribution in [2.24, 2.45) is 5.73 Å². The van der Waals surface area contributed by atoms with Gasteiger partial charge in [0, 0.05) is 11.4 Å². The molecule has 0 unspecified atom stereocenters. The Hall–Kier alpha value is -1.12. The molecule has 1 aromatic heterocycles. The molecule has 18 heavy (non-hydrogen) atoms. The van der Waals surface area contributed by atoms with E-state index in [1.807, 2.05) is 0 Å². The molecular formula is C10H8F3N3S2. The predicted octanol–water partition coefficient (Wildman–Crippen LogP) is 3.17. The molecule has 0 amide bonds. The van der Waals surface area contributed by atoms with Gasteiger partial charge in [-0.2, -0.15) is 13.2 Å². The quantitative estimate of drug-likeness (QED) is 0.943. The van der Waals surface area contributed by atoms with Crippen LogP contribution in [0.2, 0.25) is 0 Å². The summed E-state index contributed by atoms with van der Waals surface area (Å²) in [4.78, 5) is 0.108. The zero-order chi connectivity index (χ0) is 13.2. The minimum Gasteiger partial charge on any atom is -0.326 e. The van der Waals surface area contributed by atoms with Crippen molar-refractivity contribution in [2.75, 3.05) is 0 Å². The van der Waals surface area contributed by atoms with Gasteiger partial charge in [-0.25, -0.2) is 0 Å². The summed E-state index contributed by atoms with van der Waals surface area (Å²) in [5.74, 6) is 0. The molecule has 0 spiro atoms. The predicted molar refractivity (Wildman–Crippen MR) is 63.4 cm³/mol. The molecule has 8 heteroatoms. The molecule has 2 rings (SSSR count). The average Bonchev–Trinajstić information content (AvgIpc) is 2.81. The molecule has 0 saturated heterocycles. The van der Waals surface area contributed by atoms with Crippen LogP contribution in [-0.4, -0.2) is 10.2 Å². The van der Waals surface area contributed by atoms with Crippen molar-refractivity contribution in [1.29, 1.82) is 0 Å². The summed E-state index contributed by atoms with van der Waals surface area (Å²) < 4.78 is 39.2. The fourth-order valence-corrected chi connectivity index (χ4v) is 2.88. The molecule has 3 nitrogen and oxygen atoms in total. The minimum absolute atomic E-state index is 0.0762. The van der Waals surface area contributed by atoms with Crippen molar-refractivity contribution in [2.45, 2.75) is 22.0 Å². The molecule has 2 N–H and O–H groups in total. The van der Waals surface area contributed by atoms with Crippen molar-refractivity contribution in [3.8, 4) is 0 Å². The number of benzene rings is 1. The Morgan fingerprint density at radius 1 is 1.33 bits per heavy atom. The minimum atomic E-state index is -4.40. The molecular weight excluding hydrogens is 283 g/mol. The number of rotatable bonds is 3. The summed E-state index contributed by atoms with van der Waals surface area (Å²) in [6, 6.07) is 4.07. The van der Waals surface area contributed by atoms with Crippen LogP contribution in [-0.2, 0) is 12.7 Å². The van der Waals surface area contributed by atoms with Gasteiger partial charge in [0.15, 0.2) is 4.34 Å². The highest BCUT2D eigenvalue weighted by Gasteiger charge is 2.34. The van der Waals surface area contributed by atoms with Crippen LogP contribution in [0.4, 0.5) is 13.2 Å². The lowest BCUT2D eigenvalue weighted by molar-refractivity contribution is -0.139. The first kappa shape index (κ1) is 13.3. The highest BCUT2D eigenvalue weighted by atomic mass is 32.2. The van der Waals surface area contributed by atoms with Gasteiger partial charge in [0.25, 0.3) is 0 Å². The van der Waals surface area contributed by atoms with Crippen LogP contribution in [0.25, 0.3) is 0 Å². The molecule has 0 radical (unpaired) electrons. The van der Waals surface area contributed by atoms with Crippen molar-refractivity contribution in [3.05, 3.63) is 34.8 Å². The first-order valence-corrected chi connectivity index (χ1v) is 6.54. The van der Waals surface area contributed by atoms with E-state index in [2.05, 4.69) is 10.2 Å². The highest BCUT2D eigenvalue weighted by Crippen LogP contribution is 2.40. The largest absolute Gasteiger partial charge is 0.417 e. The van der Waals surface area contributed by atoms with E-state index in [9.17, 15) is 13.2 Å². The summed E-state index contributed by atoms with van der Waals surface area (Å²) in [6.07, 6.45) is -4.40. The Labute approximate surface area is 109 Å². The van der Waals surface area contributed by atoms with E-state index in [1.165, 1.54) is 22.9 Å². The van der Waals surface area contributed by atoms with E-state index in [0.717, 1.165) is 17.8 Å². The second kappa shape index (κ2) is 5.25. The van der Waals surface area contributed by atoms with Gasteiger partial charge < -0.3 is 5.73 Å². The van der Waals surface area contributed by atoms with Crippen LogP contribution in [0, 0.1) is 0 Å². The van der Waals surface area contributed by atoms with Gasteiger partial charge in [-0.1, -0.05) is 29.2 Å². The number of halogens is 3. The molecule has 0 aliphatic rings. The average molecular weight is 291 g/mol. The monoisotopic (exact) mass is 291 g/mol. The number of nitrogens with zero attached hydrogens (tertiary/aromatic N) is 2. The molecule has 1 aromatic carbocycles. The second-order valence-corrected chi connectivity index (χ2v) is 5.46. The molecule has 0 bridgehead atoms. The SMILES string of the molecule is NCc1ccc(Sc2nncs2)c(C(F)(F)F)c1. The van der Waals surface area contributed by atoms with E-state index in [0.29, 0.717) is 9.90 Å². The maximum Gasteiger partial charge on any atom is 0.417 e. The van der Waals surface area contributed by atoms with Gasteiger partial charge in [-0.05, 0) is 17.7 Å². The number of hydrogen-bond acceptors (Lipinski definition) is 5. The number of aromatic nitrogens is 2. The van der Waals surface area contributed by atoms with Gasteiger partial charge in [0.05, 0.1) is 5.56 Å². The summed E-state index contributed by atoms with van der Waals surface area (Å²) >= 11 is 2.15. The molecule has 0 fully saturated rings. The van der Waals surface area contributed by atoms with Crippen molar-refractivity contribution in [1.82, 2.24) is 10.2 Å². The number of hydrogen-bond donors (Lipinski definition) is 1. The van der Waals surface area contributed by atoms with Crippen molar-refractivity contribution in [3.63, 3.8) is 0 Å². The number of alkyl halides is 3. The van der Waals surface area contributed by atoms with Crippen LogP contribution in [0.15, 0.2) is 32.9 Å². The van der Waals surface area contributed by atoms with Crippen molar-refractivity contribution >= 4 is 23.1 Å². The molecule has 0 aliphatic carbocycles. The Balaban J connectivity index is 2.40. The van der Waals surface area contributed by atoms with Gasteiger partial charge in [-0.3, -0.25) is 0 Å². The first-order chi connectivity index (χ1) is 8.50. The van der Waals surface area contributed by atoms with Crippen LogP contribution >= 0.6 is 23.1 Å². The number of nitrogens with two attached hydrogens (primary N) is 1. The molecule has 1 heterocycles. The molecule has 0 aliphatic heterocycles. The summed E-state index contributed by atoms with van der Waals surface area (Å²) in [5, 5.41) is 7.31. The summed E-state index contributed by atoms with van der Waals surface area (Å²) in [7, 11) is 0. The smallest absolute Gasteiger partial charge is 0.326 e. The maximum atomic E-state index is 12.9. The van der Waals surface area contributed by atoms with Crippen LogP contribution in [0.3, 0.4) is 0 Å². The molecule has 2 aromatic rings. The van der Waals surface area contributed by atoms with E-state index in [1.54, 1.807) is 6.07 Å². The Kier molecular flexibility index (Phi) is 3.88. The third-order valence-corrected chi connectivity index (χ3v) is 3.98. The zero-order valence-electron chi connectivity index (χ0n) is 8.94. The van der Waals surface area contributed by atoms with E-state index < -0.39 is 11.7 Å². The third-order valence-electron chi connectivity index (χ3n) is 2.12. The normalized spacial score (nSPS) is 11.8. The summed E-state index contributed by atoms with van der Waals surface area (Å²) in [6.45, 7) is 0.0762. The van der Waals surface area contributed by atoms with E-state index in [4.69, 9.17) is 5.73 Å². The molecule has 0 atom stereocenters. The van der Waals surface area contributed by atoms with Crippen LogP contribution in [0.5, 0.6) is 0 Å². The van der Waals surface area contributed by atoms with E-state index in [-0.39, 0.29) is 11.4 Å². The topological polar surface area (TPSA) is 51.8 Å². The lowest BCUT2D eigenvalue weighted by Crippen LogP contribution is -2.08. The third kappa shape index (κ3) is 3.01. The molecule has 0 saturated carbocycles. The Bertz CT molecular complexity index is 526. The zero-order valence-corrected chi connectivity index (χ0v) is 10.6. The van der Waals surface area contributed by atoms with Gasteiger partial charge in [0.2, 0.25) is 0 Å². The Morgan fingerprint density at radius 3 is 2.67 bits per heavy atom. The fraction of sp³-hybridized carbons (Fsp3) is 0.200. The molecule has 96 valence electrons. The van der Waals surface area contributed by atoms with Gasteiger partial charge in [0.1, 0.15) is 5.51 Å². The second-order valence-electron chi connectivity index (χ2n) is 3.34. The standard InChI is InChI=1S/C10H8F3N3S2/c11-10(12,13)7-3-6(4-14)1-2-8(7)18-9-16-15-5-17-9/h1-3,5H,4,14H2. The summed E-state index contributed by atoms with van der Waals surface area (Å²) in [5.41, 5.74) is 6.59. The Morgan fingerprint density at radius 2 is 2.11 bits per heavy atom. The highest BCUT2D eigenvalue weighted by molar-refractivity contribution is 8.01. The van der Waals surface area contributed by atoms with Crippen LogP contribution < -0.4 is 5.73 Å². The maximum absolute atomic E-state index is 12.9. The van der Waals surface area contributed by atoms with Crippen molar-refractivity contribution < 1.29 is 13.2 Å². The van der Waals surface area contributed by atoms with E-state index >= 15 is 0 Å². The van der Waals surface area contributed by atoms with Gasteiger partial charge >= 0.3 is 6.18 Å². The lowest BCUT2D eigenvalue weighted by atomic mass is 10.1. The van der Waals surface area contributed by atoms with Gasteiger partial charge in [-0.15, -0.1) is 10.2 Å². The fourth-order valence-electron chi connectivity index (χ4n) is 1.32. The lowest BCUT2D eigenvalue weighted by Gasteiger charge is -2.12.